The van der Waals surface area contributed by atoms with E-state index in [4.69, 9.17) is 27.9 Å². The summed E-state index contributed by atoms with van der Waals surface area (Å²) in [6, 6.07) is 18.8. The zero-order chi connectivity index (χ0) is 22.4. The summed E-state index contributed by atoms with van der Waals surface area (Å²) in [5, 5.41) is 3.47. The second-order valence-electron chi connectivity index (χ2n) is 6.65. The van der Waals surface area contributed by atoms with Gasteiger partial charge in [-0.1, -0.05) is 53.5 Å². The Hall–Kier alpha value is -2.58. The Balaban J connectivity index is 1.91. The van der Waals surface area contributed by atoms with Crippen LogP contribution in [-0.4, -0.2) is 27.5 Å². The Labute approximate surface area is 191 Å². The van der Waals surface area contributed by atoms with Gasteiger partial charge in [0, 0.05) is 15.7 Å². The molecule has 0 heterocycles. The number of carbonyl (C=O) groups excluding carboxylic acids is 1. The van der Waals surface area contributed by atoms with Gasteiger partial charge in [-0.3, -0.25) is 4.79 Å². The van der Waals surface area contributed by atoms with Crippen LogP contribution in [0.25, 0.3) is 0 Å². The molecule has 0 saturated heterocycles. The number of nitrogens with one attached hydrogen (secondary N) is 2. The maximum Gasteiger partial charge on any atom is 0.245 e. The van der Waals surface area contributed by atoms with Crippen molar-refractivity contribution in [2.24, 2.45) is 0 Å². The van der Waals surface area contributed by atoms with Crippen LogP contribution in [-0.2, 0) is 21.2 Å². The van der Waals surface area contributed by atoms with Crippen molar-refractivity contribution in [3.63, 3.8) is 0 Å². The van der Waals surface area contributed by atoms with Gasteiger partial charge in [0.05, 0.1) is 7.11 Å². The average molecular weight is 479 g/mol. The molecule has 0 unspecified atom stereocenters. The average Bonchev–Trinajstić information content (AvgIpc) is 2.75. The fraction of sp³-hybridized carbons (Fsp3) is 0.136. The monoisotopic (exact) mass is 478 g/mol. The maximum atomic E-state index is 13.1. The molecular formula is C22H20Cl2N2O4S. The lowest BCUT2D eigenvalue weighted by atomic mass is 10.1. The number of anilines is 1. The number of hydrogen-bond acceptors (Lipinski definition) is 4. The van der Waals surface area contributed by atoms with Crippen molar-refractivity contribution in [3.05, 3.63) is 88.4 Å². The van der Waals surface area contributed by atoms with Crippen molar-refractivity contribution >= 4 is 44.8 Å². The number of hydrogen-bond donors (Lipinski definition) is 2. The summed E-state index contributed by atoms with van der Waals surface area (Å²) in [5.41, 5.74) is 1.28. The first-order chi connectivity index (χ1) is 14.8. The number of carbonyl (C=O) groups is 1. The molecule has 0 spiro atoms. The SMILES string of the molecule is COc1ccc(Cl)cc1S(=O)(=O)N[C@H](Cc1ccccc1)C(=O)Nc1ccc(Cl)cc1. The van der Waals surface area contributed by atoms with Crippen LogP contribution in [0.15, 0.2) is 77.7 Å². The molecule has 3 aromatic carbocycles. The number of sulfonamides is 1. The molecule has 162 valence electrons. The van der Waals surface area contributed by atoms with Gasteiger partial charge in [0.1, 0.15) is 16.7 Å². The van der Waals surface area contributed by atoms with E-state index in [1.165, 1.54) is 25.3 Å². The first-order valence-electron chi connectivity index (χ1n) is 9.25. The van der Waals surface area contributed by atoms with Crippen molar-refractivity contribution < 1.29 is 17.9 Å². The summed E-state index contributed by atoms with van der Waals surface area (Å²) in [4.78, 5) is 12.9. The summed E-state index contributed by atoms with van der Waals surface area (Å²) in [6.07, 6.45) is 0.141. The lowest BCUT2D eigenvalue weighted by Gasteiger charge is -2.20. The van der Waals surface area contributed by atoms with E-state index in [1.54, 1.807) is 24.3 Å². The van der Waals surface area contributed by atoms with Gasteiger partial charge in [0.2, 0.25) is 15.9 Å². The fourth-order valence-corrected chi connectivity index (χ4v) is 4.66. The molecule has 0 radical (unpaired) electrons. The van der Waals surface area contributed by atoms with Crippen LogP contribution in [0.2, 0.25) is 10.0 Å². The van der Waals surface area contributed by atoms with Crippen LogP contribution >= 0.6 is 23.2 Å². The third-order valence-electron chi connectivity index (χ3n) is 4.42. The Morgan fingerprint density at radius 2 is 1.61 bits per heavy atom. The van der Waals surface area contributed by atoms with Crippen LogP contribution in [0.3, 0.4) is 0 Å². The highest BCUT2D eigenvalue weighted by atomic mass is 35.5. The summed E-state index contributed by atoms with van der Waals surface area (Å²) < 4.78 is 33.9. The first-order valence-corrected chi connectivity index (χ1v) is 11.5. The van der Waals surface area contributed by atoms with E-state index in [0.717, 1.165) is 5.56 Å². The zero-order valence-corrected chi connectivity index (χ0v) is 18.8. The van der Waals surface area contributed by atoms with E-state index in [9.17, 15) is 13.2 Å². The molecule has 9 heteroatoms. The van der Waals surface area contributed by atoms with Crippen LogP contribution in [0.5, 0.6) is 5.75 Å². The van der Waals surface area contributed by atoms with Gasteiger partial charge in [-0.05, 0) is 54.4 Å². The second kappa shape index (κ2) is 10.2. The van der Waals surface area contributed by atoms with Crippen LogP contribution in [0.4, 0.5) is 5.69 Å². The highest BCUT2D eigenvalue weighted by Gasteiger charge is 2.28. The second-order valence-corrected chi connectivity index (χ2v) is 9.21. The van der Waals surface area contributed by atoms with E-state index < -0.39 is 22.0 Å². The molecule has 31 heavy (non-hydrogen) atoms. The molecule has 0 fully saturated rings. The molecule has 0 aliphatic rings. The minimum Gasteiger partial charge on any atom is -0.495 e. The Morgan fingerprint density at radius 1 is 0.968 bits per heavy atom. The molecule has 0 aliphatic carbocycles. The highest BCUT2D eigenvalue weighted by Crippen LogP contribution is 2.27. The molecule has 0 bridgehead atoms. The van der Waals surface area contributed by atoms with Crippen LogP contribution < -0.4 is 14.8 Å². The number of methoxy groups -OCH3 is 1. The molecule has 1 amide bonds. The number of rotatable bonds is 8. The summed E-state index contributed by atoms with van der Waals surface area (Å²) >= 11 is 11.9. The summed E-state index contributed by atoms with van der Waals surface area (Å²) in [6.45, 7) is 0. The van der Waals surface area contributed by atoms with Crippen molar-refractivity contribution in [1.82, 2.24) is 4.72 Å². The van der Waals surface area contributed by atoms with Gasteiger partial charge < -0.3 is 10.1 Å². The van der Waals surface area contributed by atoms with Crippen molar-refractivity contribution in [2.45, 2.75) is 17.4 Å². The van der Waals surface area contributed by atoms with E-state index in [2.05, 4.69) is 10.0 Å². The van der Waals surface area contributed by atoms with E-state index in [-0.39, 0.29) is 22.1 Å². The minimum absolute atomic E-state index is 0.119. The minimum atomic E-state index is -4.13. The largest absolute Gasteiger partial charge is 0.495 e. The molecule has 0 aliphatic heterocycles. The third kappa shape index (κ3) is 6.21. The Morgan fingerprint density at radius 3 is 2.26 bits per heavy atom. The molecule has 3 rings (SSSR count). The molecule has 3 aromatic rings. The number of benzene rings is 3. The Bertz CT molecular complexity index is 1150. The van der Waals surface area contributed by atoms with Crippen molar-refractivity contribution in [3.8, 4) is 5.75 Å². The van der Waals surface area contributed by atoms with Crippen molar-refractivity contribution in [2.75, 3.05) is 12.4 Å². The molecular weight excluding hydrogens is 459 g/mol. The predicted molar refractivity (Wildman–Crippen MR) is 122 cm³/mol. The molecule has 6 nitrogen and oxygen atoms in total. The van der Waals surface area contributed by atoms with E-state index >= 15 is 0 Å². The normalized spacial score (nSPS) is 12.2. The predicted octanol–water partition coefficient (Wildman–Crippen LogP) is 4.53. The van der Waals surface area contributed by atoms with Crippen LogP contribution in [0.1, 0.15) is 5.56 Å². The van der Waals surface area contributed by atoms with Gasteiger partial charge >= 0.3 is 0 Å². The number of ether oxygens (including phenoxy) is 1. The smallest absolute Gasteiger partial charge is 0.245 e. The molecule has 0 aromatic heterocycles. The van der Waals surface area contributed by atoms with Gasteiger partial charge in [0.15, 0.2) is 0 Å². The first kappa shape index (κ1) is 23.1. The lowest BCUT2D eigenvalue weighted by molar-refractivity contribution is -0.117. The molecule has 2 N–H and O–H groups in total. The van der Waals surface area contributed by atoms with Crippen molar-refractivity contribution in [1.29, 1.82) is 0 Å². The maximum absolute atomic E-state index is 13.1. The van der Waals surface area contributed by atoms with E-state index in [0.29, 0.717) is 10.7 Å². The number of amides is 1. The topological polar surface area (TPSA) is 84.5 Å². The standard InChI is InChI=1S/C22H20Cl2N2O4S/c1-30-20-12-9-17(24)14-21(20)31(28,29)26-19(13-15-5-3-2-4-6-15)22(27)25-18-10-7-16(23)8-11-18/h2-12,14,19,26H,13H2,1H3,(H,25,27)/t19-/m1/s1. The third-order valence-corrected chi connectivity index (χ3v) is 6.40. The highest BCUT2D eigenvalue weighted by molar-refractivity contribution is 7.89. The lowest BCUT2D eigenvalue weighted by Crippen LogP contribution is -2.45. The van der Waals surface area contributed by atoms with E-state index in [1.807, 2.05) is 30.3 Å². The fourth-order valence-electron chi connectivity index (χ4n) is 2.91. The van der Waals surface area contributed by atoms with Gasteiger partial charge in [-0.15, -0.1) is 0 Å². The Kier molecular flexibility index (Phi) is 7.56. The quantitative estimate of drug-likeness (QED) is 0.497. The summed E-state index contributed by atoms with van der Waals surface area (Å²) in [5.74, 6) is -0.399. The van der Waals surface area contributed by atoms with Crippen LogP contribution in [0, 0.1) is 0 Å². The van der Waals surface area contributed by atoms with Gasteiger partial charge in [0.25, 0.3) is 0 Å². The molecule has 1 atom stereocenters. The number of halogens is 2. The molecule has 0 saturated carbocycles. The zero-order valence-electron chi connectivity index (χ0n) is 16.5. The van der Waals surface area contributed by atoms with Gasteiger partial charge in [-0.2, -0.15) is 4.72 Å². The van der Waals surface area contributed by atoms with Gasteiger partial charge in [-0.25, -0.2) is 8.42 Å². The summed E-state index contributed by atoms with van der Waals surface area (Å²) in [7, 11) is -2.77.